The van der Waals surface area contributed by atoms with Gasteiger partial charge in [0.25, 0.3) is 0 Å². The third-order valence-corrected chi connectivity index (χ3v) is 5.58. The van der Waals surface area contributed by atoms with Crippen LogP contribution in [0.5, 0.6) is 0 Å². The number of aliphatic hydroxyl groups excluding tert-OH is 1. The number of hydrogen-bond acceptors (Lipinski definition) is 5. The van der Waals surface area contributed by atoms with E-state index >= 15 is 0 Å². The average Bonchev–Trinajstić information content (AvgIpc) is 3.09. The largest absolute Gasteiger partial charge is 0.461 e. The zero-order chi connectivity index (χ0) is 19.4. The van der Waals surface area contributed by atoms with Crippen LogP contribution in [0.25, 0.3) is 0 Å². The summed E-state index contributed by atoms with van der Waals surface area (Å²) < 4.78 is 8.61. The van der Waals surface area contributed by atoms with Gasteiger partial charge in [-0.2, -0.15) is 10.2 Å². The molecule has 7 nitrogen and oxygen atoms in total. The molecule has 0 aromatic carbocycles. The molecule has 0 bridgehead atoms. The minimum Gasteiger partial charge on any atom is -0.461 e. The molecule has 2 heterocycles. The molecule has 1 N–H and O–H groups in total. The van der Waals surface area contributed by atoms with E-state index in [0.717, 1.165) is 11.4 Å². The quantitative estimate of drug-likeness (QED) is 0.814. The number of ether oxygens (including phenoxy) is 1. The number of carbonyl (C=O) groups is 1. The van der Waals surface area contributed by atoms with Gasteiger partial charge in [-0.15, -0.1) is 0 Å². The fourth-order valence-corrected chi connectivity index (χ4v) is 3.58. The lowest BCUT2D eigenvalue weighted by Gasteiger charge is -2.25. The van der Waals surface area contributed by atoms with Crippen molar-refractivity contribution in [3.8, 4) is 0 Å². The van der Waals surface area contributed by atoms with Crippen molar-refractivity contribution in [3.63, 3.8) is 0 Å². The molecule has 0 amide bonds. The second-order valence-electron chi connectivity index (χ2n) is 7.40. The van der Waals surface area contributed by atoms with Gasteiger partial charge in [-0.3, -0.25) is 9.36 Å². The number of hydrogen-bond donors (Lipinski definition) is 1. The van der Waals surface area contributed by atoms with Crippen molar-refractivity contribution in [2.45, 2.75) is 63.9 Å². The van der Waals surface area contributed by atoms with Gasteiger partial charge < -0.3 is 9.84 Å². The fourth-order valence-electron chi connectivity index (χ4n) is 3.58. The van der Waals surface area contributed by atoms with Crippen LogP contribution in [-0.2, 0) is 25.4 Å². The van der Waals surface area contributed by atoms with Crippen LogP contribution in [0.15, 0.2) is 12.1 Å². The number of rotatable bonds is 5. The average molecular weight is 374 g/mol. The summed E-state index contributed by atoms with van der Waals surface area (Å²) >= 11 is 0. The van der Waals surface area contributed by atoms with E-state index in [1.807, 2.05) is 30.9 Å². The van der Waals surface area contributed by atoms with Crippen LogP contribution in [-0.4, -0.2) is 37.2 Å². The van der Waals surface area contributed by atoms with Crippen LogP contribution >= 0.6 is 0 Å². The van der Waals surface area contributed by atoms with E-state index in [9.17, 15) is 4.79 Å². The summed E-state index contributed by atoms with van der Waals surface area (Å²) in [6.07, 6.45) is 7.60. The lowest BCUT2D eigenvalue weighted by atomic mass is 9.83. The molecule has 148 valence electrons. The zero-order valence-electron chi connectivity index (χ0n) is 16.5. The van der Waals surface area contributed by atoms with E-state index in [2.05, 4.69) is 10.2 Å². The Bertz CT molecular complexity index is 772. The van der Waals surface area contributed by atoms with E-state index in [4.69, 9.17) is 9.84 Å². The molecular weight excluding hydrogens is 344 g/mol. The topological polar surface area (TPSA) is 82.2 Å². The van der Waals surface area contributed by atoms with Gasteiger partial charge in [0.15, 0.2) is 5.69 Å². The van der Waals surface area contributed by atoms with Crippen molar-refractivity contribution in [3.05, 3.63) is 34.9 Å². The third-order valence-electron chi connectivity index (χ3n) is 5.58. The maximum Gasteiger partial charge on any atom is 0.358 e. The first-order chi connectivity index (χ1) is 13.0. The molecule has 2 fully saturated rings. The molecular formula is C20H30N4O3. The summed E-state index contributed by atoms with van der Waals surface area (Å²) in [7, 11) is 3.84. The molecule has 2 aliphatic rings. The number of aromatic nitrogens is 4. The Kier molecular flexibility index (Phi) is 6.31. The molecule has 0 spiro atoms. The third kappa shape index (κ3) is 4.40. The number of nitrogens with zero attached hydrogens (tertiary/aromatic N) is 4. The SMILES string of the molecule is CCOC(=O)c1cc(C2CCC2)n(C)n1.Cn1nc(CO)cc1C1CCC1. The second kappa shape index (κ2) is 8.69. The first-order valence-electron chi connectivity index (χ1n) is 9.88. The van der Waals surface area contributed by atoms with E-state index in [1.165, 1.54) is 44.2 Å². The standard InChI is InChI=1S/C11H16N2O2.C9H14N2O/c1-3-15-11(14)9-7-10(13(2)12-9)8-5-4-6-8;1-11-9(7-3-2-4-7)5-8(6-12)10-11/h7-8H,3-6H2,1-2H3;5,7,12H,2-4,6H2,1H3. The maximum atomic E-state index is 11.4. The number of carbonyl (C=O) groups excluding carboxylic acids is 1. The van der Waals surface area contributed by atoms with Gasteiger partial charge in [0.05, 0.1) is 18.9 Å². The van der Waals surface area contributed by atoms with Crippen molar-refractivity contribution in [1.29, 1.82) is 0 Å². The highest BCUT2D eigenvalue weighted by Gasteiger charge is 2.25. The summed E-state index contributed by atoms with van der Waals surface area (Å²) in [5.74, 6) is 0.965. The molecule has 4 rings (SSSR count). The Morgan fingerprint density at radius 3 is 2.07 bits per heavy atom. The van der Waals surface area contributed by atoms with Crippen LogP contribution in [0, 0.1) is 0 Å². The monoisotopic (exact) mass is 374 g/mol. The molecule has 27 heavy (non-hydrogen) atoms. The number of aryl methyl sites for hydroxylation is 2. The van der Waals surface area contributed by atoms with Crippen molar-refractivity contribution in [2.24, 2.45) is 14.1 Å². The van der Waals surface area contributed by atoms with Crippen LogP contribution < -0.4 is 0 Å². The van der Waals surface area contributed by atoms with Gasteiger partial charge in [-0.25, -0.2) is 4.79 Å². The zero-order valence-corrected chi connectivity index (χ0v) is 16.5. The highest BCUT2D eigenvalue weighted by molar-refractivity contribution is 5.87. The summed E-state index contributed by atoms with van der Waals surface area (Å²) in [5.41, 5.74) is 3.66. The van der Waals surface area contributed by atoms with E-state index in [-0.39, 0.29) is 12.6 Å². The lowest BCUT2D eigenvalue weighted by molar-refractivity contribution is 0.0518. The smallest absolute Gasteiger partial charge is 0.358 e. The van der Waals surface area contributed by atoms with E-state index in [0.29, 0.717) is 24.1 Å². The fraction of sp³-hybridized carbons (Fsp3) is 0.650. The molecule has 0 atom stereocenters. The van der Waals surface area contributed by atoms with Crippen LogP contribution in [0.2, 0.25) is 0 Å². The first kappa shape index (κ1) is 19.6. The van der Waals surface area contributed by atoms with E-state index < -0.39 is 0 Å². The normalized spacial score (nSPS) is 16.9. The van der Waals surface area contributed by atoms with Gasteiger partial charge >= 0.3 is 5.97 Å². The Morgan fingerprint density at radius 1 is 1.07 bits per heavy atom. The van der Waals surface area contributed by atoms with Crippen LogP contribution in [0.1, 0.15) is 84.9 Å². The molecule has 2 saturated carbocycles. The molecule has 2 aromatic heterocycles. The summed E-state index contributed by atoms with van der Waals surface area (Å²) in [4.78, 5) is 11.4. The highest BCUT2D eigenvalue weighted by atomic mass is 16.5. The van der Waals surface area contributed by atoms with Crippen molar-refractivity contribution < 1.29 is 14.6 Å². The number of esters is 1. The van der Waals surface area contributed by atoms with Crippen LogP contribution in [0.3, 0.4) is 0 Å². The minimum absolute atomic E-state index is 0.0561. The maximum absolute atomic E-state index is 11.4. The summed E-state index contributed by atoms with van der Waals surface area (Å²) in [6.45, 7) is 2.25. The first-order valence-corrected chi connectivity index (χ1v) is 9.88. The molecule has 0 aliphatic heterocycles. The Balaban J connectivity index is 0.000000159. The molecule has 0 radical (unpaired) electrons. The number of aliphatic hydroxyl groups is 1. The Labute approximate surface area is 160 Å². The van der Waals surface area contributed by atoms with E-state index in [1.54, 1.807) is 11.6 Å². The predicted molar refractivity (Wildman–Crippen MR) is 101 cm³/mol. The van der Waals surface area contributed by atoms with Gasteiger partial charge in [-0.1, -0.05) is 12.8 Å². The summed E-state index contributed by atoms with van der Waals surface area (Å²) in [5, 5.41) is 17.2. The molecule has 0 unspecified atom stereocenters. The van der Waals surface area contributed by atoms with Gasteiger partial charge in [0.2, 0.25) is 0 Å². The Hall–Kier alpha value is -2.15. The molecule has 2 aromatic rings. The lowest BCUT2D eigenvalue weighted by Crippen LogP contribution is -2.12. The van der Waals surface area contributed by atoms with Crippen molar-refractivity contribution in [2.75, 3.05) is 6.61 Å². The van der Waals surface area contributed by atoms with Crippen molar-refractivity contribution in [1.82, 2.24) is 19.6 Å². The minimum atomic E-state index is -0.321. The molecule has 0 saturated heterocycles. The Morgan fingerprint density at radius 2 is 1.63 bits per heavy atom. The van der Waals surface area contributed by atoms with Crippen molar-refractivity contribution >= 4 is 5.97 Å². The molecule has 7 heteroatoms. The van der Waals surface area contributed by atoms with Gasteiger partial charge in [0, 0.05) is 37.3 Å². The van der Waals surface area contributed by atoms with Gasteiger partial charge in [-0.05, 0) is 44.7 Å². The highest BCUT2D eigenvalue weighted by Crippen LogP contribution is 2.37. The summed E-state index contributed by atoms with van der Waals surface area (Å²) in [6, 6.07) is 3.88. The second-order valence-corrected chi connectivity index (χ2v) is 7.40. The predicted octanol–water partition coefficient (Wildman–Crippen LogP) is 3.04. The van der Waals surface area contributed by atoms with Crippen LogP contribution in [0.4, 0.5) is 0 Å². The van der Waals surface area contributed by atoms with Gasteiger partial charge in [0.1, 0.15) is 0 Å². The molecule has 2 aliphatic carbocycles.